The number of nitro groups is 1. The van der Waals surface area contributed by atoms with Crippen molar-refractivity contribution in [2.24, 2.45) is 0 Å². The molecule has 34 heavy (non-hydrogen) atoms. The van der Waals surface area contributed by atoms with Gasteiger partial charge >= 0.3 is 5.97 Å². The van der Waals surface area contributed by atoms with Crippen LogP contribution in [0.5, 0.6) is 0 Å². The van der Waals surface area contributed by atoms with Crippen LogP contribution in [0.15, 0.2) is 72.8 Å². The minimum Gasteiger partial charge on any atom is -0.481 e. The number of non-ortho nitro benzene ring substituents is 1. The van der Waals surface area contributed by atoms with Gasteiger partial charge in [-0.1, -0.05) is 42.5 Å². The summed E-state index contributed by atoms with van der Waals surface area (Å²) in [6, 6.07) is 21.1. The van der Waals surface area contributed by atoms with Crippen LogP contribution in [0.25, 0.3) is 11.3 Å². The van der Waals surface area contributed by atoms with Gasteiger partial charge in [0.2, 0.25) is 0 Å². The van der Waals surface area contributed by atoms with Crippen LogP contribution in [0.4, 0.5) is 17.1 Å². The lowest BCUT2D eigenvalue weighted by molar-refractivity contribution is -0.384. The number of hydrogen-bond donors (Lipinski definition) is 4. The summed E-state index contributed by atoms with van der Waals surface area (Å²) in [6.07, 6.45) is 0.0509. The number of carbonyl (C=O) groups is 2. The highest BCUT2D eigenvalue weighted by Crippen LogP contribution is 2.39. The molecule has 0 saturated heterocycles. The van der Waals surface area contributed by atoms with Gasteiger partial charge in [-0.15, -0.1) is 0 Å². The van der Waals surface area contributed by atoms with Gasteiger partial charge < -0.3 is 21.1 Å². The first-order chi connectivity index (χ1) is 16.4. The Balaban J connectivity index is 1.66. The molecule has 9 heteroatoms. The molecule has 9 nitrogen and oxygen atoms in total. The van der Waals surface area contributed by atoms with E-state index in [4.69, 9.17) is 5.11 Å². The van der Waals surface area contributed by atoms with Crippen LogP contribution < -0.4 is 16.0 Å². The molecule has 4 N–H and O–H groups in total. The van der Waals surface area contributed by atoms with Crippen molar-refractivity contribution in [3.05, 3.63) is 99.6 Å². The third-order valence-electron chi connectivity index (χ3n) is 5.34. The summed E-state index contributed by atoms with van der Waals surface area (Å²) < 4.78 is 0. The number of nitrogens with one attached hydrogen (secondary N) is 3. The summed E-state index contributed by atoms with van der Waals surface area (Å²) in [4.78, 5) is 34.4. The lowest BCUT2D eigenvalue weighted by Gasteiger charge is -2.15. The zero-order chi connectivity index (χ0) is 24.1. The third-order valence-corrected chi connectivity index (χ3v) is 5.34. The molecule has 3 aromatic carbocycles. The second-order valence-electron chi connectivity index (χ2n) is 7.70. The SMILES string of the molecule is O=C(O)CCNCc1ccc(N/C(=C2\C(=O)Nc3ccc([N+](=O)[O-])cc32)c2ccccc2)cc1. The van der Waals surface area contributed by atoms with Crippen molar-refractivity contribution in [1.82, 2.24) is 5.32 Å². The van der Waals surface area contributed by atoms with Crippen molar-refractivity contribution in [3.63, 3.8) is 0 Å². The first-order valence-electron chi connectivity index (χ1n) is 10.6. The molecule has 0 atom stereocenters. The molecule has 0 unspecified atom stereocenters. The predicted octanol–water partition coefficient (Wildman–Crippen LogP) is 4.09. The zero-order valence-electron chi connectivity index (χ0n) is 18.1. The largest absolute Gasteiger partial charge is 0.481 e. The van der Waals surface area contributed by atoms with E-state index in [-0.39, 0.29) is 18.0 Å². The van der Waals surface area contributed by atoms with E-state index in [9.17, 15) is 19.7 Å². The quantitative estimate of drug-likeness (QED) is 0.164. The Kier molecular flexibility index (Phi) is 6.65. The molecule has 1 amide bonds. The Labute approximate surface area is 195 Å². The second-order valence-corrected chi connectivity index (χ2v) is 7.70. The molecule has 4 rings (SSSR count). The molecule has 0 aliphatic carbocycles. The Morgan fingerprint density at radius 1 is 1.03 bits per heavy atom. The fourth-order valence-corrected chi connectivity index (χ4v) is 3.68. The molecule has 1 heterocycles. The van der Waals surface area contributed by atoms with Gasteiger partial charge in [-0.3, -0.25) is 19.7 Å². The van der Waals surface area contributed by atoms with Crippen molar-refractivity contribution in [3.8, 4) is 0 Å². The van der Waals surface area contributed by atoms with E-state index in [1.807, 2.05) is 54.6 Å². The summed E-state index contributed by atoms with van der Waals surface area (Å²) in [5, 5.41) is 29.2. The molecule has 0 radical (unpaired) electrons. The maximum absolute atomic E-state index is 12.9. The number of amides is 1. The molecule has 1 aliphatic rings. The second kappa shape index (κ2) is 9.97. The minimum absolute atomic E-state index is 0.0509. The average molecular weight is 458 g/mol. The number of nitro benzene ring substituents is 1. The molecule has 1 aliphatic heterocycles. The average Bonchev–Trinajstić information content (AvgIpc) is 3.16. The van der Waals surface area contributed by atoms with Gasteiger partial charge in [0.05, 0.1) is 22.6 Å². The van der Waals surface area contributed by atoms with Crippen LogP contribution in [0.1, 0.15) is 23.1 Å². The van der Waals surface area contributed by atoms with Crippen LogP contribution in [0.3, 0.4) is 0 Å². The van der Waals surface area contributed by atoms with E-state index in [2.05, 4.69) is 16.0 Å². The van der Waals surface area contributed by atoms with E-state index < -0.39 is 10.9 Å². The Morgan fingerprint density at radius 2 is 1.76 bits per heavy atom. The maximum atomic E-state index is 12.9. The number of carbonyl (C=O) groups excluding carboxylic acids is 1. The lowest BCUT2D eigenvalue weighted by Crippen LogP contribution is -2.17. The van der Waals surface area contributed by atoms with E-state index in [1.165, 1.54) is 18.2 Å². The molecular weight excluding hydrogens is 436 g/mol. The van der Waals surface area contributed by atoms with Crippen LogP contribution in [-0.2, 0) is 16.1 Å². The van der Waals surface area contributed by atoms with Gasteiger partial charge in [-0.05, 0) is 29.3 Å². The van der Waals surface area contributed by atoms with E-state index in [0.717, 1.165) is 16.8 Å². The molecule has 172 valence electrons. The molecule has 0 fully saturated rings. The number of nitrogens with zero attached hydrogens (tertiary/aromatic N) is 1. The van der Waals surface area contributed by atoms with Crippen molar-refractivity contribution in [2.75, 3.05) is 17.2 Å². The van der Waals surface area contributed by atoms with Gasteiger partial charge in [0.1, 0.15) is 0 Å². The summed E-state index contributed by atoms with van der Waals surface area (Å²) in [5.41, 5.74) is 4.20. The molecule has 0 bridgehead atoms. The molecule has 3 aromatic rings. The van der Waals surface area contributed by atoms with Crippen LogP contribution in [0.2, 0.25) is 0 Å². The summed E-state index contributed by atoms with van der Waals surface area (Å²) in [5.74, 6) is -1.20. The number of rotatable bonds is 9. The van der Waals surface area contributed by atoms with Crippen molar-refractivity contribution in [1.29, 1.82) is 0 Å². The number of aliphatic carboxylic acids is 1. The number of benzene rings is 3. The fraction of sp³-hybridized carbons (Fsp3) is 0.120. The first-order valence-corrected chi connectivity index (χ1v) is 10.6. The number of carboxylic acid groups (broad SMARTS) is 1. The van der Waals surface area contributed by atoms with Gasteiger partial charge in [0, 0.05) is 42.2 Å². The number of hydrogen-bond acceptors (Lipinski definition) is 6. The predicted molar refractivity (Wildman–Crippen MR) is 129 cm³/mol. The highest BCUT2D eigenvalue weighted by molar-refractivity contribution is 6.37. The summed E-state index contributed by atoms with van der Waals surface area (Å²) in [7, 11) is 0. The Morgan fingerprint density at radius 3 is 2.44 bits per heavy atom. The first kappa shape index (κ1) is 22.7. The molecule has 0 aromatic heterocycles. The van der Waals surface area contributed by atoms with E-state index in [1.54, 1.807) is 0 Å². The number of carboxylic acids is 1. The number of anilines is 2. The Bertz CT molecular complexity index is 1270. The standard InChI is InChI=1S/C25H22N4O5/c30-22(31)12-13-26-15-16-6-8-18(9-7-16)27-24(17-4-2-1-3-5-17)23-20-14-19(29(33)34)10-11-21(20)28-25(23)32/h1-11,14,26-27H,12-13,15H2,(H,28,32)(H,30,31)/b24-23-. The highest BCUT2D eigenvalue weighted by Gasteiger charge is 2.30. The monoisotopic (exact) mass is 458 g/mol. The van der Waals surface area contributed by atoms with Crippen molar-refractivity contribution < 1.29 is 19.6 Å². The Hall–Kier alpha value is -4.50. The van der Waals surface area contributed by atoms with Crippen molar-refractivity contribution >= 4 is 40.2 Å². The zero-order valence-corrected chi connectivity index (χ0v) is 18.1. The molecule has 0 saturated carbocycles. The smallest absolute Gasteiger partial charge is 0.304 e. The summed E-state index contributed by atoms with van der Waals surface area (Å²) >= 11 is 0. The van der Waals surface area contributed by atoms with Crippen molar-refractivity contribution in [2.45, 2.75) is 13.0 Å². The van der Waals surface area contributed by atoms with E-state index >= 15 is 0 Å². The van der Waals surface area contributed by atoms with Gasteiger partial charge in [-0.2, -0.15) is 0 Å². The van der Waals surface area contributed by atoms with Gasteiger partial charge in [-0.25, -0.2) is 0 Å². The van der Waals surface area contributed by atoms with Crippen LogP contribution >= 0.6 is 0 Å². The van der Waals surface area contributed by atoms with Gasteiger partial charge in [0.25, 0.3) is 11.6 Å². The minimum atomic E-state index is -0.851. The van der Waals surface area contributed by atoms with Gasteiger partial charge in [0.15, 0.2) is 0 Å². The topological polar surface area (TPSA) is 134 Å². The van der Waals surface area contributed by atoms with Crippen LogP contribution in [-0.4, -0.2) is 28.5 Å². The fourth-order valence-electron chi connectivity index (χ4n) is 3.68. The molecular formula is C25H22N4O5. The lowest BCUT2D eigenvalue weighted by atomic mass is 9.99. The third kappa shape index (κ3) is 5.11. The normalized spacial score (nSPS) is 13.7. The van der Waals surface area contributed by atoms with Crippen LogP contribution in [0, 0.1) is 10.1 Å². The summed E-state index contributed by atoms with van der Waals surface area (Å²) in [6.45, 7) is 0.903. The van der Waals surface area contributed by atoms with E-state index in [0.29, 0.717) is 35.6 Å². The maximum Gasteiger partial charge on any atom is 0.304 e. The molecule has 0 spiro atoms. The highest BCUT2D eigenvalue weighted by atomic mass is 16.6. The number of fused-ring (bicyclic) bond motifs is 1.